The zero-order chi connectivity index (χ0) is 24.1. The number of hydrogen-bond acceptors (Lipinski definition) is 4. The van der Waals surface area contributed by atoms with Gasteiger partial charge in [-0.3, -0.25) is 14.5 Å². The standard InChI is InChI=1S/C28H37N3O3/c1-20-10-12-23(13-11-20)28(33)31-14-6-9-26(19-31)27(32)29-15-24-7-4-5-8-25(24)18-30-16-21(2)34-22(3)17-30/h4-5,7-8,10-13,21-22,26H,6,9,14-19H2,1-3H3,(H,29,32). The smallest absolute Gasteiger partial charge is 0.253 e. The molecule has 0 bridgehead atoms. The summed E-state index contributed by atoms with van der Waals surface area (Å²) in [4.78, 5) is 30.2. The Morgan fingerprint density at radius 1 is 0.971 bits per heavy atom. The highest BCUT2D eigenvalue weighted by Crippen LogP contribution is 2.21. The first kappa shape index (κ1) is 24.4. The quantitative estimate of drug-likeness (QED) is 0.708. The molecule has 0 aromatic heterocycles. The van der Waals surface area contributed by atoms with Crippen molar-refractivity contribution in [1.29, 1.82) is 0 Å². The summed E-state index contributed by atoms with van der Waals surface area (Å²) in [6, 6.07) is 16.0. The largest absolute Gasteiger partial charge is 0.373 e. The average molecular weight is 464 g/mol. The molecule has 0 radical (unpaired) electrons. The third-order valence-corrected chi connectivity index (χ3v) is 6.84. The van der Waals surface area contributed by atoms with Crippen LogP contribution in [0.25, 0.3) is 0 Å². The van der Waals surface area contributed by atoms with Crippen molar-refractivity contribution in [3.63, 3.8) is 0 Å². The molecule has 4 rings (SSSR count). The predicted octanol–water partition coefficient (Wildman–Crippen LogP) is 3.77. The second-order valence-corrected chi connectivity index (χ2v) is 9.89. The van der Waals surface area contributed by atoms with E-state index in [1.54, 1.807) is 0 Å². The lowest BCUT2D eigenvalue weighted by molar-refractivity contribution is -0.126. The van der Waals surface area contributed by atoms with E-state index in [0.717, 1.165) is 43.6 Å². The van der Waals surface area contributed by atoms with Crippen LogP contribution in [0.4, 0.5) is 0 Å². The SMILES string of the molecule is Cc1ccc(C(=O)N2CCCC(C(=O)NCc3ccccc3CN3CC(C)OC(C)C3)C2)cc1. The molecule has 6 heteroatoms. The van der Waals surface area contributed by atoms with Gasteiger partial charge in [0.25, 0.3) is 5.91 Å². The molecule has 2 heterocycles. The second kappa shape index (κ2) is 11.2. The number of aryl methyl sites for hydroxylation is 1. The normalized spacial score (nSPS) is 23.5. The van der Waals surface area contributed by atoms with Gasteiger partial charge in [-0.05, 0) is 56.9 Å². The van der Waals surface area contributed by atoms with Gasteiger partial charge in [-0.25, -0.2) is 0 Å². The van der Waals surface area contributed by atoms with Crippen molar-refractivity contribution >= 4 is 11.8 Å². The number of likely N-dealkylation sites (tertiary alicyclic amines) is 1. The van der Waals surface area contributed by atoms with E-state index in [1.807, 2.05) is 42.2 Å². The van der Waals surface area contributed by atoms with Crippen LogP contribution in [0.1, 0.15) is 53.7 Å². The van der Waals surface area contributed by atoms with Gasteiger partial charge in [0, 0.05) is 44.8 Å². The van der Waals surface area contributed by atoms with Crippen LogP contribution in [-0.4, -0.2) is 60.0 Å². The molecule has 2 aromatic carbocycles. The Hall–Kier alpha value is -2.70. The van der Waals surface area contributed by atoms with Crippen molar-refractivity contribution in [2.75, 3.05) is 26.2 Å². The van der Waals surface area contributed by atoms with Crippen molar-refractivity contribution < 1.29 is 14.3 Å². The Morgan fingerprint density at radius 3 is 2.35 bits per heavy atom. The maximum absolute atomic E-state index is 13.0. The fourth-order valence-electron chi connectivity index (χ4n) is 5.12. The van der Waals surface area contributed by atoms with E-state index in [9.17, 15) is 9.59 Å². The number of hydrogen-bond donors (Lipinski definition) is 1. The number of ether oxygens (including phenoxy) is 1. The Morgan fingerprint density at radius 2 is 1.65 bits per heavy atom. The van der Waals surface area contributed by atoms with Crippen LogP contribution in [0.3, 0.4) is 0 Å². The van der Waals surface area contributed by atoms with E-state index in [0.29, 0.717) is 25.2 Å². The topological polar surface area (TPSA) is 61.9 Å². The van der Waals surface area contributed by atoms with E-state index in [2.05, 4.69) is 42.3 Å². The summed E-state index contributed by atoms with van der Waals surface area (Å²) < 4.78 is 5.86. The molecule has 0 spiro atoms. The molecule has 2 saturated heterocycles. The first-order valence-corrected chi connectivity index (χ1v) is 12.5. The lowest BCUT2D eigenvalue weighted by Crippen LogP contribution is -2.45. The summed E-state index contributed by atoms with van der Waals surface area (Å²) in [6.45, 7) is 10.6. The van der Waals surface area contributed by atoms with Gasteiger partial charge in [-0.1, -0.05) is 42.0 Å². The van der Waals surface area contributed by atoms with E-state index in [4.69, 9.17) is 4.74 Å². The van der Waals surface area contributed by atoms with Crippen LogP contribution < -0.4 is 5.32 Å². The highest BCUT2D eigenvalue weighted by atomic mass is 16.5. The van der Waals surface area contributed by atoms with Gasteiger partial charge in [0.1, 0.15) is 0 Å². The first-order chi connectivity index (χ1) is 16.4. The Bertz CT molecular complexity index is 981. The van der Waals surface area contributed by atoms with Gasteiger partial charge < -0.3 is 15.0 Å². The van der Waals surface area contributed by atoms with E-state index >= 15 is 0 Å². The molecule has 0 saturated carbocycles. The number of amides is 2. The Kier molecular flexibility index (Phi) is 8.01. The highest BCUT2D eigenvalue weighted by Gasteiger charge is 2.29. The van der Waals surface area contributed by atoms with Gasteiger partial charge in [0.05, 0.1) is 18.1 Å². The summed E-state index contributed by atoms with van der Waals surface area (Å²) in [5.41, 5.74) is 4.20. The van der Waals surface area contributed by atoms with Crippen LogP contribution >= 0.6 is 0 Å². The van der Waals surface area contributed by atoms with E-state index in [-0.39, 0.29) is 29.9 Å². The van der Waals surface area contributed by atoms with Crippen molar-refractivity contribution in [3.8, 4) is 0 Å². The van der Waals surface area contributed by atoms with Crippen molar-refractivity contribution in [2.24, 2.45) is 5.92 Å². The highest BCUT2D eigenvalue weighted by molar-refractivity contribution is 5.94. The lowest BCUT2D eigenvalue weighted by Gasteiger charge is -2.35. The molecule has 3 unspecified atom stereocenters. The molecule has 2 aliphatic heterocycles. The predicted molar refractivity (Wildman–Crippen MR) is 133 cm³/mol. The molecular formula is C28H37N3O3. The monoisotopic (exact) mass is 463 g/mol. The lowest BCUT2D eigenvalue weighted by atomic mass is 9.96. The zero-order valence-corrected chi connectivity index (χ0v) is 20.6. The number of morpholine rings is 1. The van der Waals surface area contributed by atoms with Crippen molar-refractivity contribution in [3.05, 3.63) is 70.8 Å². The van der Waals surface area contributed by atoms with Gasteiger partial charge in [-0.15, -0.1) is 0 Å². The van der Waals surface area contributed by atoms with Crippen LogP contribution in [0.5, 0.6) is 0 Å². The summed E-state index contributed by atoms with van der Waals surface area (Å²) in [7, 11) is 0. The first-order valence-electron chi connectivity index (χ1n) is 12.5. The third kappa shape index (κ3) is 6.24. The van der Waals surface area contributed by atoms with Crippen molar-refractivity contribution in [2.45, 2.75) is 58.9 Å². The minimum atomic E-state index is -0.170. The van der Waals surface area contributed by atoms with E-state index in [1.165, 1.54) is 5.56 Å². The fourth-order valence-corrected chi connectivity index (χ4v) is 5.12. The second-order valence-electron chi connectivity index (χ2n) is 9.89. The van der Waals surface area contributed by atoms with E-state index < -0.39 is 0 Å². The minimum absolute atomic E-state index is 0.0109. The molecule has 3 atom stereocenters. The summed E-state index contributed by atoms with van der Waals surface area (Å²) >= 11 is 0. The maximum atomic E-state index is 13.0. The number of benzene rings is 2. The zero-order valence-electron chi connectivity index (χ0n) is 20.6. The fraction of sp³-hybridized carbons (Fsp3) is 0.500. The van der Waals surface area contributed by atoms with Crippen LogP contribution in [0.15, 0.2) is 48.5 Å². The van der Waals surface area contributed by atoms with Crippen LogP contribution in [-0.2, 0) is 22.6 Å². The van der Waals surface area contributed by atoms with Crippen molar-refractivity contribution in [1.82, 2.24) is 15.1 Å². The molecule has 182 valence electrons. The van der Waals surface area contributed by atoms with Crippen LogP contribution in [0.2, 0.25) is 0 Å². The number of rotatable bonds is 6. The molecule has 2 amide bonds. The third-order valence-electron chi connectivity index (χ3n) is 6.84. The summed E-state index contributed by atoms with van der Waals surface area (Å²) in [5, 5.41) is 3.15. The number of carbonyl (C=O) groups excluding carboxylic acids is 2. The Labute approximate surface area is 203 Å². The van der Waals surface area contributed by atoms with Gasteiger partial charge in [0.15, 0.2) is 0 Å². The molecule has 1 N–H and O–H groups in total. The molecule has 2 fully saturated rings. The Balaban J connectivity index is 1.33. The number of nitrogens with zero attached hydrogens (tertiary/aromatic N) is 2. The molecular weight excluding hydrogens is 426 g/mol. The average Bonchev–Trinajstić information content (AvgIpc) is 2.83. The minimum Gasteiger partial charge on any atom is -0.373 e. The summed E-state index contributed by atoms with van der Waals surface area (Å²) in [6.07, 6.45) is 2.12. The van der Waals surface area contributed by atoms with Crippen LogP contribution in [0, 0.1) is 12.8 Å². The molecule has 34 heavy (non-hydrogen) atoms. The maximum Gasteiger partial charge on any atom is 0.253 e. The number of carbonyl (C=O) groups is 2. The van der Waals surface area contributed by atoms with Gasteiger partial charge in [0.2, 0.25) is 5.91 Å². The van der Waals surface area contributed by atoms with Gasteiger partial charge >= 0.3 is 0 Å². The molecule has 2 aromatic rings. The molecule has 2 aliphatic rings. The van der Waals surface area contributed by atoms with Gasteiger partial charge in [-0.2, -0.15) is 0 Å². The summed E-state index contributed by atoms with van der Waals surface area (Å²) in [5.74, 6) is -0.127. The molecule has 6 nitrogen and oxygen atoms in total. The number of nitrogens with one attached hydrogen (secondary N) is 1. The number of piperidine rings is 1. The molecule has 0 aliphatic carbocycles.